The number of anilines is 1. The van der Waals surface area contributed by atoms with Crippen LogP contribution in [0, 0.1) is 13.8 Å². The third-order valence-electron chi connectivity index (χ3n) is 3.76. The van der Waals surface area contributed by atoms with Crippen molar-refractivity contribution in [3.8, 4) is 11.5 Å². The van der Waals surface area contributed by atoms with Crippen molar-refractivity contribution in [3.63, 3.8) is 0 Å². The number of nitrogens with one attached hydrogen (secondary N) is 1. The second-order valence-electron chi connectivity index (χ2n) is 5.50. The van der Waals surface area contributed by atoms with Crippen LogP contribution in [0.4, 0.5) is 5.69 Å². The lowest BCUT2D eigenvalue weighted by Crippen LogP contribution is -2.16. The number of phenolic OH excluding ortho intramolecular Hbond substituents is 1. The van der Waals surface area contributed by atoms with E-state index in [2.05, 4.69) is 10.3 Å². The zero-order valence-corrected chi connectivity index (χ0v) is 13.8. The van der Waals surface area contributed by atoms with E-state index in [1.807, 2.05) is 26.0 Å². The molecule has 2 heterocycles. The number of carbonyl (C=O) groups excluding carboxylic acids is 1. The summed E-state index contributed by atoms with van der Waals surface area (Å²) in [7, 11) is 0. The monoisotopic (exact) mass is 325 g/mol. The van der Waals surface area contributed by atoms with E-state index in [9.17, 15) is 9.90 Å². The number of hydrogen-bond donors (Lipinski definition) is 2. The molecule has 0 fully saturated rings. The Morgan fingerprint density at radius 3 is 2.83 bits per heavy atom. The fourth-order valence-corrected chi connectivity index (χ4v) is 2.67. The average molecular weight is 325 g/mol. The maximum Gasteiger partial charge on any atom is 0.274 e. The van der Waals surface area contributed by atoms with E-state index in [-0.39, 0.29) is 11.7 Å². The molecule has 0 spiro atoms. The number of carbonyl (C=O) groups is 1. The molecular weight excluding hydrogens is 306 g/mol. The predicted octanol–water partition coefficient (Wildman–Crippen LogP) is 3.31. The van der Waals surface area contributed by atoms with E-state index in [0.717, 1.165) is 5.56 Å². The first-order valence-corrected chi connectivity index (χ1v) is 7.72. The van der Waals surface area contributed by atoms with E-state index in [4.69, 9.17) is 4.74 Å². The third kappa shape index (κ3) is 2.78. The number of pyridine rings is 1. The van der Waals surface area contributed by atoms with Crippen molar-refractivity contribution in [1.82, 2.24) is 9.38 Å². The Balaban J connectivity index is 2.01. The van der Waals surface area contributed by atoms with Crippen LogP contribution in [0.15, 0.2) is 36.5 Å². The smallest absolute Gasteiger partial charge is 0.274 e. The molecule has 124 valence electrons. The number of amides is 1. The number of imidazole rings is 1. The molecule has 6 heteroatoms. The molecule has 0 atom stereocenters. The molecule has 0 unspecified atom stereocenters. The highest BCUT2D eigenvalue weighted by atomic mass is 16.5. The summed E-state index contributed by atoms with van der Waals surface area (Å²) in [6.45, 7) is 6.05. The molecule has 24 heavy (non-hydrogen) atoms. The Bertz CT molecular complexity index is 915. The number of nitrogens with zero attached hydrogens (tertiary/aromatic N) is 2. The van der Waals surface area contributed by atoms with E-state index < -0.39 is 0 Å². The van der Waals surface area contributed by atoms with Crippen LogP contribution in [0.1, 0.15) is 28.7 Å². The van der Waals surface area contributed by atoms with Crippen LogP contribution in [0.25, 0.3) is 5.65 Å². The molecule has 0 radical (unpaired) electrons. The second kappa shape index (κ2) is 6.23. The van der Waals surface area contributed by atoms with Gasteiger partial charge in [0.1, 0.15) is 11.4 Å². The van der Waals surface area contributed by atoms with Crippen LogP contribution in [-0.2, 0) is 0 Å². The first kappa shape index (κ1) is 15.9. The Labute approximate surface area is 139 Å². The van der Waals surface area contributed by atoms with Gasteiger partial charge in [-0.05, 0) is 56.7 Å². The van der Waals surface area contributed by atoms with Crippen LogP contribution < -0.4 is 10.1 Å². The second-order valence-corrected chi connectivity index (χ2v) is 5.50. The van der Waals surface area contributed by atoms with Gasteiger partial charge in [-0.1, -0.05) is 0 Å². The molecule has 3 aromatic rings. The van der Waals surface area contributed by atoms with Gasteiger partial charge in [0.05, 0.1) is 12.3 Å². The first-order valence-electron chi connectivity index (χ1n) is 7.72. The topological polar surface area (TPSA) is 75.9 Å². The van der Waals surface area contributed by atoms with E-state index in [0.29, 0.717) is 35.1 Å². The minimum atomic E-state index is -0.262. The maximum absolute atomic E-state index is 12.7. The molecule has 6 nitrogen and oxygen atoms in total. The minimum Gasteiger partial charge on any atom is -0.508 e. The summed E-state index contributed by atoms with van der Waals surface area (Å²) in [5, 5.41) is 12.4. The summed E-state index contributed by atoms with van der Waals surface area (Å²) >= 11 is 0. The van der Waals surface area contributed by atoms with Crippen molar-refractivity contribution in [2.24, 2.45) is 0 Å². The summed E-state index contributed by atoms with van der Waals surface area (Å²) in [4.78, 5) is 17.2. The van der Waals surface area contributed by atoms with Crippen molar-refractivity contribution in [1.29, 1.82) is 0 Å². The minimum absolute atomic E-state index is 0.165. The van der Waals surface area contributed by atoms with Crippen LogP contribution in [0.2, 0.25) is 0 Å². The van der Waals surface area contributed by atoms with Crippen molar-refractivity contribution in [2.45, 2.75) is 20.8 Å². The lowest BCUT2D eigenvalue weighted by atomic mass is 10.2. The van der Waals surface area contributed by atoms with Crippen molar-refractivity contribution >= 4 is 17.2 Å². The van der Waals surface area contributed by atoms with Crippen LogP contribution in [-0.4, -0.2) is 27.0 Å². The standard InChI is InChI=1S/C18H19N3O3/c1-4-24-15-6-5-9-21-16(12(3)19-17(15)21)18(23)20-14-8-7-13(22)10-11(14)2/h5-10,22H,4H2,1-3H3,(H,20,23). The largest absolute Gasteiger partial charge is 0.508 e. The van der Waals surface area contributed by atoms with Crippen LogP contribution >= 0.6 is 0 Å². The van der Waals surface area contributed by atoms with Gasteiger partial charge in [-0.25, -0.2) is 4.98 Å². The Hall–Kier alpha value is -3.02. The van der Waals surface area contributed by atoms with Gasteiger partial charge in [-0.2, -0.15) is 0 Å². The number of benzene rings is 1. The SMILES string of the molecule is CCOc1cccn2c(C(=O)Nc3ccc(O)cc3C)c(C)nc12. The fourth-order valence-electron chi connectivity index (χ4n) is 2.67. The van der Waals surface area contributed by atoms with Gasteiger partial charge in [-0.15, -0.1) is 0 Å². The van der Waals surface area contributed by atoms with Gasteiger partial charge >= 0.3 is 0 Å². The molecule has 2 aromatic heterocycles. The molecule has 0 aliphatic heterocycles. The number of rotatable bonds is 4. The van der Waals surface area contributed by atoms with Gasteiger partial charge in [-0.3, -0.25) is 9.20 Å². The highest BCUT2D eigenvalue weighted by Gasteiger charge is 2.19. The highest BCUT2D eigenvalue weighted by molar-refractivity contribution is 6.05. The van der Waals surface area contributed by atoms with Crippen molar-refractivity contribution < 1.29 is 14.6 Å². The lowest BCUT2D eigenvalue weighted by molar-refractivity contribution is 0.102. The number of ether oxygens (including phenoxy) is 1. The summed E-state index contributed by atoms with van der Waals surface area (Å²) in [5.41, 5.74) is 3.12. The Kier molecular flexibility index (Phi) is 4.12. The molecule has 1 amide bonds. The molecular formula is C18H19N3O3. The first-order chi connectivity index (χ1) is 11.5. The number of fused-ring (bicyclic) bond motifs is 1. The van der Waals surface area contributed by atoms with E-state index >= 15 is 0 Å². The zero-order chi connectivity index (χ0) is 17.3. The molecule has 2 N–H and O–H groups in total. The predicted molar refractivity (Wildman–Crippen MR) is 91.9 cm³/mol. The van der Waals surface area contributed by atoms with Gasteiger partial charge in [0, 0.05) is 11.9 Å². The summed E-state index contributed by atoms with van der Waals surface area (Å²) in [6.07, 6.45) is 1.79. The molecule has 0 saturated heterocycles. The summed E-state index contributed by atoms with van der Waals surface area (Å²) < 4.78 is 7.30. The molecule has 3 rings (SSSR count). The van der Waals surface area contributed by atoms with E-state index in [1.54, 1.807) is 29.7 Å². The van der Waals surface area contributed by atoms with Gasteiger partial charge < -0.3 is 15.2 Å². The van der Waals surface area contributed by atoms with Gasteiger partial charge in [0.2, 0.25) is 0 Å². The highest BCUT2D eigenvalue weighted by Crippen LogP contribution is 2.24. The average Bonchev–Trinajstić information content (AvgIpc) is 2.87. The summed E-state index contributed by atoms with van der Waals surface area (Å²) in [5.74, 6) is 0.545. The van der Waals surface area contributed by atoms with Crippen molar-refractivity contribution in [2.75, 3.05) is 11.9 Å². The van der Waals surface area contributed by atoms with E-state index in [1.165, 1.54) is 6.07 Å². The molecule has 1 aromatic carbocycles. The maximum atomic E-state index is 12.7. The Morgan fingerprint density at radius 2 is 2.12 bits per heavy atom. The molecule has 0 saturated carbocycles. The van der Waals surface area contributed by atoms with Crippen LogP contribution in [0.3, 0.4) is 0 Å². The van der Waals surface area contributed by atoms with Gasteiger partial charge in [0.25, 0.3) is 5.91 Å². The third-order valence-corrected chi connectivity index (χ3v) is 3.76. The van der Waals surface area contributed by atoms with Crippen molar-refractivity contribution in [3.05, 3.63) is 53.5 Å². The lowest BCUT2D eigenvalue weighted by Gasteiger charge is -2.10. The Morgan fingerprint density at radius 1 is 1.33 bits per heavy atom. The number of phenols is 1. The van der Waals surface area contributed by atoms with Crippen LogP contribution in [0.5, 0.6) is 11.5 Å². The zero-order valence-electron chi connectivity index (χ0n) is 13.8. The normalized spacial score (nSPS) is 10.8. The summed E-state index contributed by atoms with van der Waals surface area (Å²) in [6, 6.07) is 8.47. The number of aryl methyl sites for hydroxylation is 2. The molecule has 0 bridgehead atoms. The fraction of sp³-hybridized carbons (Fsp3) is 0.222. The quantitative estimate of drug-likeness (QED) is 0.722. The molecule has 0 aliphatic carbocycles. The number of hydrogen-bond acceptors (Lipinski definition) is 4. The number of aromatic nitrogens is 2. The molecule has 0 aliphatic rings. The van der Waals surface area contributed by atoms with Gasteiger partial charge in [0.15, 0.2) is 11.4 Å². The number of aromatic hydroxyl groups is 1.